The number of rotatable bonds is 4. The molecule has 1 aromatic heterocycles. The van der Waals surface area contributed by atoms with Crippen LogP contribution in [0.5, 0.6) is 5.75 Å². The zero-order valence-corrected chi connectivity index (χ0v) is 16.7. The first-order valence-corrected chi connectivity index (χ1v) is 10.7. The number of nitrogens with one attached hydrogen (secondary N) is 1. The number of fused-ring (bicyclic) bond motifs is 1. The minimum atomic E-state index is -3.22. The molecule has 3 rings (SSSR count). The number of methoxy groups -OCH3 is 1. The number of carbonyl (C=O) groups is 1. The van der Waals surface area contributed by atoms with Crippen molar-refractivity contribution >= 4 is 26.6 Å². The van der Waals surface area contributed by atoms with Gasteiger partial charge in [0.15, 0.2) is 9.84 Å². The molecule has 1 N–H and O–H groups in total. The third-order valence-electron chi connectivity index (χ3n) is 5.81. The number of carbonyl (C=O) groups excluding carboxylic acids is 1. The van der Waals surface area contributed by atoms with Crippen LogP contribution in [0.3, 0.4) is 0 Å². The molecule has 1 amide bonds. The fourth-order valence-corrected chi connectivity index (χ4v) is 4.82. The molecule has 0 radical (unpaired) electrons. The predicted octanol–water partition coefficient (Wildman–Crippen LogP) is 2.85. The van der Waals surface area contributed by atoms with E-state index in [9.17, 15) is 13.2 Å². The first-order chi connectivity index (χ1) is 12.1. The summed E-state index contributed by atoms with van der Waals surface area (Å²) in [5.41, 5.74) is 0.759. The smallest absolute Gasteiger partial charge is 0.270 e. The molecule has 142 valence electrons. The zero-order valence-electron chi connectivity index (χ0n) is 15.9. The Morgan fingerprint density at radius 1 is 1.38 bits per heavy atom. The molecule has 2 atom stereocenters. The lowest BCUT2D eigenvalue weighted by molar-refractivity contribution is 0.0524. The minimum absolute atomic E-state index is 0.136. The van der Waals surface area contributed by atoms with Crippen LogP contribution >= 0.6 is 0 Å². The number of ether oxygens (including phenoxy) is 1. The maximum absolute atomic E-state index is 13.3. The van der Waals surface area contributed by atoms with Crippen LogP contribution in [0.4, 0.5) is 0 Å². The minimum Gasteiger partial charge on any atom is -0.496 e. The van der Waals surface area contributed by atoms with E-state index >= 15 is 0 Å². The molecule has 0 saturated carbocycles. The van der Waals surface area contributed by atoms with Gasteiger partial charge >= 0.3 is 0 Å². The van der Waals surface area contributed by atoms with Crippen molar-refractivity contribution in [1.82, 2.24) is 9.88 Å². The Balaban J connectivity index is 2.02. The van der Waals surface area contributed by atoms with Gasteiger partial charge in [-0.25, -0.2) is 8.42 Å². The Morgan fingerprint density at radius 2 is 2.08 bits per heavy atom. The van der Waals surface area contributed by atoms with Crippen molar-refractivity contribution in [2.45, 2.75) is 38.0 Å². The van der Waals surface area contributed by atoms with Gasteiger partial charge in [0.2, 0.25) is 0 Å². The van der Waals surface area contributed by atoms with Crippen molar-refractivity contribution in [3.05, 3.63) is 30.0 Å². The molecular weight excluding hydrogens is 352 g/mol. The van der Waals surface area contributed by atoms with E-state index in [2.05, 4.69) is 4.98 Å². The fraction of sp³-hybridized carbons (Fsp3) is 0.526. The fourth-order valence-electron chi connectivity index (χ4n) is 3.76. The second-order valence-corrected chi connectivity index (χ2v) is 10.0. The average Bonchev–Trinajstić information content (AvgIpc) is 3.15. The van der Waals surface area contributed by atoms with Crippen LogP contribution in [0, 0.1) is 5.92 Å². The molecule has 1 fully saturated rings. The summed E-state index contributed by atoms with van der Waals surface area (Å²) in [7, 11) is -1.62. The number of hydrogen-bond donors (Lipinski definition) is 1. The lowest BCUT2D eigenvalue weighted by atomic mass is 9.85. The first-order valence-electron chi connectivity index (χ1n) is 8.74. The van der Waals surface area contributed by atoms with E-state index in [1.165, 1.54) is 6.26 Å². The molecule has 2 unspecified atom stereocenters. The van der Waals surface area contributed by atoms with Gasteiger partial charge in [0, 0.05) is 29.2 Å². The molecule has 0 bridgehead atoms. The summed E-state index contributed by atoms with van der Waals surface area (Å²) >= 11 is 0. The molecule has 1 aliphatic rings. The van der Waals surface area contributed by atoms with Gasteiger partial charge in [-0.3, -0.25) is 4.79 Å². The van der Waals surface area contributed by atoms with Crippen LogP contribution in [0.15, 0.2) is 24.3 Å². The Bertz CT molecular complexity index is 948. The van der Waals surface area contributed by atoms with E-state index in [-0.39, 0.29) is 18.4 Å². The normalized spacial score (nSPS) is 23.8. The number of nitrogens with zero attached hydrogens (tertiary/aromatic N) is 1. The Hall–Kier alpha value is -2.02. The molecule has 1 aromatic carbocycles. The highest BCUT2D eigenvalue weighted by molar-refractivity contribution is 7.91. The summed E-state index contributed by atoms with van der Waals surface area (Å²) in [4.78, 5) is 18.1. The summed E-state index contributed by atoms with van der Waals surface area (Å²) in [6, 6.07) is 7.38. The topological polar surface area (TPSA) is 79.5 Å². The number of likely N-dealkylation sites (tertiary alicyclic amines) is 1. The second-order valence-electron chi connectivity index (χ2n) is 7.69. The van der Waals surface area contributed by atoms with Crippen LogP contribution in [0.25, 0.3) is 10.9 Å². The molecule has 26 heavy (non-hydrogen) atoms. The van der Waals surface area contributed by atoms with Crippen molar-refractivity contribution in [2.75, 3.05) is 19.9 Å². The van der Waals surface area contributed by atoms with Gasteiger partial charge in [-0.2, -0.15) is 0 Å². The molecule has 6 nitrogen and oxygen atoms in total. The Morgan fingerprint density at radius 3 is 2.65 bits per heavy atom. The van der Waals surface area contributed by atoms with Gasteiger partial charge in [-0.1, -0.05) is 19.9 Å². The number of sulfone groups is 1. The van der Waals surface area contributed by atoms with E-state index in [4.69, 9.17) is 4.74 Å². The van der Waals surface area contributed by atoms with Crippen molar-refractivity contribution in [3.8, 4) is 5.75 Å². The number of hydrogen-bond acceptors (Lipinski definition) is 4. The lowest BCUT2D eigenvalue weighted by Gasteiger charge is -2.38. The highest BCUT2D eigenvalue weighted by Gasteiger charge is 2.49. The predicted molar refractivity (Wildman–Crippen MR) is 102 cm³/mol. The Kier molecular flexibility index (Phi) is 4.55. The van der Waals surface area contributed by atoms with Crippen molar-refractivity contribution < 1.29 is 17.9 Å². The number of aromatic amines is 1. The monoisotopic (exact) mass is 378 g/mol. The van der Waals surface area contributed by atoms with Gasteiger partial charge in [-0.05, 0) is 37.5 Å². The summed E-state index contributed by atoms with van der Waals surface area (Å²) in [5, 5.41) is 0.307. The maximum Gasteiger partial charge on any atom is 0.270 e. The van der Waals surface area contributed by atoms with Gasteiger partial charge in [0.05, 0.1) is 12.4 Å². The van der Waals surface area contributed by atoms with E-state index < -0.39 is 20.6 Å². The second kappa shape index (κ2) is 6.30. The van der Waals surface area contributed by atoms with Crippen LogP contribution in [0.2, 0.25) is 0 Å². The quantitative estimate of drug-likeness (QED) is 0.887. The SMILES string of the molecule is COc1cccc2[nH]c(C(=O)N3CC(S(C)(=O)=O)CC3(C)C(C)C)cc12. The third kappa shape index (κ3) is 2.98. The highest BCUT2D eigenvalue weighted by Crippen LogP contribution is 2.39. The van der Waals surface area contributed by atoms with E-state index in [0.717, 1.165) is 10.9 Å². The molecule has 0 spiro atoms. The van der Waals surface area contributed by atoms with Crippen LogP contribution in [0.1, 0.15) is 37.7 Å². The van der Waals surface area contributed by atoms with E-state index in [1.54, 1.807) is 18.1 Å². The van der Waals surface area contributed by atoms with Crippen molar-refractivity contribution in [3.63, 3.8) is 0 Å². The first kappa shape index (κ1) is 18.8. The summed E-state index contributed by atoms with van der Waals surface area (Å²) in [6.45, 7) is 6.25. The average molecular weight is 378 g/mol. The highest BCUT2D eigenvalue weighted by atomic mass is 32.2. The largest absolute Gasteiger partial charge is 0.496 e. The summed E-state index contributed by atoms with van der Waals surface area (Å²) < 4.78 is 29.6. The summed E-state index contributed by atoms with van der Waals surface area (Å²) in [6.07, 6.45) is 1.71. The molecule has 2 heterocycles. The molecule has 1 aliphatic heterocycles. The lowest BCUT2D eigenvalue weighted by Crippen LogP contribution is -2.48. The molecule has 2 aromatic rings. The third-order valence-corrected chi connectivity index (χ3v) is 7.34. The van der Waals surface area contributed by atoms with E-state index in [1.807, 2.05) is 39.0 Å². The van der Waals surface area contributed by atoms with Crippen LogP contribution in [-0.2, 0) is 9.84 Å². The van der Waals surface area contributed by atoms with Gasteiger partial charge in [0.25, 0.3) is 5.91 Å². The molecule has 0 aliphatic carbocycles. The number of benzene rings is 1. The number of H-pyrrole nitrogens is 1. The standard InChI is InChI=1S/C19H26N2O4S/c1-12(2)19(3)10-13(26(5,23)24)11-21(19)18(22)16-9-14-15(20-16)7-6-8-17(14)25-4/h6-9,12-13,20H,10-11H2,1-5H3. The van der Waals surface area contributed by atoms with Crippen LogP contribution < -0.4 is 4.74 Å². The van der Waals surface area contributed by atoms with Gasteiger partial charge in [-0.15, -0.1) is 0 Å². The zero-order chi connectivity index (χ0) is 19.3. The van der Waals surface area contributed by atoms with Gasteiger partial charge in [0.1, 0.15) is 11.4 Å². The summed E-state index contributed by atoms with van der Waals surface area (Å²) in [5.74, 6) is 0.655. The molecular formula is C19H26N2O4S. The Labute approximate surface area is 154 Å². The van der Waals surface area contributed by atoms with Crippen molar-refractivity contribution in [2.24, 2.45) is 5.92 Å². The van der Waals surface area contributed by atoms with Crippen LogP contribution in [-0.4, -0.2) is 54.9 Å². The number of aromatic nitrogens is 1. The number of amides is 1. The van der Waals surface area contributed by atoms with Crippen molar-refractivity contribution in [1.29, 1.82) is 0 Å². The van der Waals surface area contributed by atoms with E-state index in [0.29, 0.717) is 17.9 Å². The van der Waals surface area contributed by atoms with Gasteiger partial charge < -0.3 is 14.6 Å². The maximum atomic E-state index is 13.3. The molecule has 1 saturated heterocycles. The molecule has 7 heteroatoms.